The molecule has 0 fully saturated rings. The second kappa shape index (κ2) is 9.61. The lowest BCUT2D eigenvalue weighted by Gasteiger charge is -2.17. The van der Waals surface area contributed by atoms with Crippen molar-refractivity contribution < 1.29 is 9.53 Å². The minimum Gasteiger partial charge on any atom is -0.490 e. The zero-order valence-electron chi connectivity index (χ0n) is 15.7. The first-order chi connectivity index (χ1) is 13.5. The zero-order valence-corrected chi connectivity index (χ0v) is 17.3. The van der Waals surface area contributed by atoms with E-state index in [1.54, 1.807) is 30.4 Å². The third kappa shape index (κ3) is 5.27. The monoisotopic (exact) mass is 416 g/mol. The van der Waals surface area contributed by atoms with E-state index in [-0.39, 0.29) is 11.7 Å². The summed E-state index contributed by atoms with van der Waals surface area (Å²) in [4.78, 5) is 14.0. The van der Waals surface area contributed by atoms with E-state index in [4.69, 9.17) is 16.3 Å². The van der Waals surface area contributed by atoms with Crippen molar-refractivity contribution in [2.24, 2.45) is 0 Å². The van der Waals surface area contributed by atoms with Gasteiger partial charge in [-0.2, -0.15) is 0 Å². The van der Waals surface area contributed by atoms with Crippen molar-refractivity contribution in [1.29, 1.82) is 0 Å². The second-order valence-corrected chi connectivity index (χ2v) is 7.55. The number of thioether (sulfide) groups is 1. The topological polar surface area (TPSA) is 60.2 Å². The molecule has 0 radical (unpaired) electrons. The van der Waals surface area contributed by atoms with Gasteiger partial charge in [-0.1, -0.05) is 53.2 Å². The summed E-state index contributed by atoms with van der Waals surface area (Å²) < 4.78 is 7.51. The van der Waals surface area contributed by atoms with E-state index in [1.165, 1.54) is 17.3 Å². The van der Waals surface area contributed by atoms with Gasteiger partial charge < -0.3 is 9.64 Å². The molecule has 1 amide bonds. The van der Waals surface area contributed by atoms with Gasteiger partial charge in [-0.05, 0) is 31.2 Å². The number of carbonyl (C=O) groups is 1. The molecule has 2 aromatic carbocycles. The number of para-hydroxylation sites is 1. The van der Waals surface area contributed by atoms with Gasteiger partial charge in [0.05, 0.1) is 17.3 Å². The predicted molar refractivity (Wildman–Crippen MR) is 111 cm³/mol. The smallest absolute Gasteiger partial charge is 0.232 e. The Hall–Kier alpha value is -2.51. The van der Waals surface area contributed by atoms with Crippen molar-refractivity contribution in [2.45, 2.75) is 12.1 Å². The average Bonchev–Trinajstić information content (AvgIpc) is 3.16. The van der Waals surface area contributed by atoms with Crippen molar-refractivity contribution in [3.8, 4) is 11.4 Å². The van der Waals surface area contributed by atoms with Crippen LogP contribution in [0.25, 0.3) is 5.69 Å². The molecule has 28 heavy (non-hydrogen) atoms. The van der Waals surface area contributed by atoms with E-state index in [1.807, 2.05) is 47.9 Å². The van der Waals surface area contributed by atoms with Gasteiger partial charge in [0.25, 0.3) is 0 Å². The van der Waals surface area contributed by atoms with E-state index in [2.05, 4.69) is 10.2 Å². The number of ether oxygens (including phenoxy) is 1. The van der Waals surface area contributed by atoms with Gasteiger partial charge in [-0.15, -0.1) is 10.2 Å². The van der Waals surface area contributed by atoms with Crippen LogP contribution in [0.5, 0.6) is 5.75 Å². The Morgan fingerprint density at radius 1 is 1.21 bits per heavy atom. The molecule has 0 unspecified atom stereocenters. The molecule has 0 saturated carbocycles. The summed E-state index contributed by atoms with van der Waals surface area (Å²) in [5, 5.41) is 9.33. The second-order valence-electron chi connectivity index (χ2n) is 6.20. The number of hydrogen-bond donors (Lipinski definition) is 0. The van der Waals surface area contributed by atoms with Crippen LogP contribution in [0.15, 0.2) is 60.0 Å². The lowest BCUT2D eigenvalue weighted by Crippen LogP contribution is -2.32. The van der Waals surface area contributed by atoms with Crippen LogP contribution in [-0.4, -0.2) is 51.5 Å². The van der Waals surface area contributed by atoms with Crippen LogP contribution in [-0.2, 0) is 4.79 Å². The highest BCUT2D eigenvalue weighted by Crippen LogP contribution is 2.23. The summed E-state index contributed by atoms with van der Waals surface area (Å²) in [6.45, 7) is 2.88. The molecule has 0 aliphatic heterocycles. The normalized spacial score (nSPS) is 10.7. The Labute approximate surface area is 173 Å². The molecule has 8 heteroatoms. The summed E-state index contributed by atoms with van der Waals surface area (Å²) in [6.07, 6.45) is 1.65. The summed E-state index contributed by atoms with van der Waals surface area (Å²) in [5.74, 6) is 0.879. The van der Waals surface area contributed by atoms with Crippen LogP contribution in [0.4, 0.5) is 0 Å². The van der Waals surface area contributed by atoms with Crippen molar-refractivity contribution >= 4 is 29.3 Å². The fourth-order valence-electron chi connectivity index (χ4n) is 2.42. The van der Waals surface area contributed by atoms with Gasteiger partial charge in [0.15, 0.2) is 5.16 Å². The Bertz CT molecular complexity index is 930. The molecule has 146 valence electrons. The summed E-state index contributed by atoms with van der Waals surface area (Å²) in [7, 11) is 1.75. The number of nitrogens with zero attached hydrogens (tertiary/aromatic N) is 4. The third-order valence-electron chi connectivity index (χ3n) is 4.10. The fraction of sp³-hybridized carbons (Fsp3) is 0.250. The molecular weight excluding hydrogens is 396 g/mol. The van der Waals surface area contributed by atoms with Gasteiger partial charge in [0.2, 0.25) is 5.91 Å². The highest BCUT2D eigenvalue weighted by atomic mass is 35.5. The molecule has 0 aliphatic carbocycles. The van der Waals surface area contributed by atoms with E-state index in [0.717, 1.165) is 5.69 Å². The molecule has 0 N–H and O–H groups in total. The van der Waals surface area contributed by atoms with E-state index < -0.39 is 0 Å². The summed E-state index contributed by atoms with van der Waals surface area (Å²) in [6, 6.07) is 15.3. The molecule has 1 aromatic heterocycles. The zero-order chi connectivity index (χ0) is 19.9. The number of hydrogen-bond acceptors (Lipinski definition) is 5. The number of likely N-dealkylation sites (N-methyl/N-ethyl adjacent to an activating group) is 1. The fourth-order valence-corrected chi connectivity index (χ4v) is 3.48. The third-order valence-corrected chi connectivity index (χ3v) is 5.34. The minimum atomic E-state index is -0.00813. The first-order valence-electron chi connectivity index (χ1n) is 8.76. The van der Waals surface area contributed by atoms with Crippen molar-refractivity contribution in [1.82, 2.24) is 19.7 Å². The number of rotatable bonds is 8. The van der Waals surface area contributed by atoms with Gasteiger partial charge in [-0.25, -0.2) is 0 Å². The molecule has 0 atom stereocenters. The Kier molecular flexibility index (Phi) is 6.95. The Morgan fingerprint density at radius 2 is 1.96 bits per heavy atom. The Morgan fingerprint density at radius 3 is 2.71 bits per heavy atom. The van der Waals surface area contributed by atoms with Gasteiger partial charge in [0.1, 0.15) is 18.7 Å². The van der Waals surface area contributed by atoms with Crippen LogP contribution in [0, 0.1) is 6.92 Å². The van der Waals surface area contributed by atoms with Gasteiger partial charge >= 0.3 is 0 Å². The van der Waals surface area contributed by atoms with Gasteiger partial charge in [-0.3, -0.25) is 9.36 Å². The molecule has 0 aliphatic rings. The molecule has 0 saturated heterocycles. The minimum absolute atomic E-state index is 0.00813. The van der Waals surface area contributed by atoms with E-state index in [0.29, 0.717) is 29.1 Å². The van der Waals surface area contributed by atoms with Crippen molar-refractivity contribution in [2.75, 3.05) is 26.0 Å². The summed E-state index contributed by atoms with van der Waals surface area (Å²) >= 11 is 7.42. The Balaban J connectivity index is 1.49. The highest BCUT2D eigenvalue weighted by Gasteiger charge is 2.13. The van der Waals surface area contributed by atoms with Crippen LogP contribution in [0.2, 0.25) is 5.02 Å². The van der Waals surface area contributed by atoms with Crippen LogP contribution < -0.4 is 4.74 Å². The maximum atomic E-state index is 12.4. The van der Waals surface area contributed by atoms with E-state index >= 15 is 0 Å². The quantitative estimate of drug-likeness (QED) is 0.522. The van der Waals surface area contributed by atoms with Crippen LogP contribution in [0.3, 0.4) is 0 Å². The molecule has 0 spiro atoms. The standard InChI is InChI=1S/C20H21ClN4O2S/c1-15-7-9-16(10-8-15)25-14-22-23-20(25)28-13-19(26)24(2)11-12-27-18-6-4-3-5-17(18)21/h3-10,14H,11-13H2,1-2H3. The maximum Gasteiger partial charge on any atom is 0.232 e. The van der Waals surface area contributed by atoms with Crippen molar-refractivity contribution in [3.63, 3.8) is 0 Å². The van der Waals surface area contributed by atoms with Gasteiger partial charge in [0, 0.05) is 12.7 Å². The largest absolute Gasteiger partial charge is 0.490 e. The SMILES string of the molecule is Cc1ccc(-n2cnnc2SCC(=O)N(C)CCOc2ccccc2Cl)cc1. The highest BCUT2D eigenvalue weighted by molar-refractivity contribution is 7.99. The average molecular weight is 417 g/mol. The van der Waals surface area contributed by atoms with Crippen LogP contribution in [0.1, 0.15) is 5.56 Å². The first kappa shape index (κ1) is 20.2. The number of carbonyl (C=O) groups excluding carboxylic acids is 1. The lowest BCUT2D eigenvalue weighted by atomic mass is 10.2. The molecule has 1 heterocycles. The maximum absolute atomic E-state index is 12.4. The summed E-state index contributed by atoms with van der Waals surface area (Å²) in [5.41, 5.74) is 2.15. The number of aryl methyl sites for hydroxylation is 1. The lowest BCUT2D eigenvalue weighted by molar-refractivity contribution is -0.127. The molecule has 0 bridgehead atoms. The number of amides is 1. The number of benzene rings is 2. The van der Waals surface area contributed by atoms with E-state index in [9.17, 15) is 4.79 Å². The molecular formula is C20H21ClN4O2S. The molecule has 3 aromatic rings. The van der Waals surface area contributed by atoms with Crippen LogP contribution >= 0.6 is 23.4 Å². The molecule has 6 nitrogen and oxygen atoms in total. The predicted octanol–water partition coefficient (Wildman–Crippen LogP) is 3.86. The number of aromatic nitrogens is 3. The van der Waals surface area contributed by atoms with Crippen molar-refractivity contribution in [3.05, 3.63) is 65.4 Å². The molecule has 3 rings (SSSR count). The number of halogens is 1. The first-order valence-corrected chi connectivity index (χ1v) is 10.1.